The van der Waals surface area contributed by atoms with E-state index in [0.717, 1.165) is 0 Å². The number of rotatable bonds is 8. The van der Waals surface area contributed by atoms with Crippen LogP contribution in [-0.4, -0.2) is 95.2 Å². The fraction of sp³-hybridized carbons (Fsp3) is 0.438. The molecule has 2 aromatic rings. The molecule has 1 amide bonds. The van der Waals surface area contributed by atoms with Crippen LogP contribution in [-0.2, 0) is 30.0 Å². The normalized spacial score (nSPS) is 18.2. The molecule has 46 heavy (non-hydrogen) atoms. The summed E-state index contributed by atoms with van der Waals surface area (Å²) in [6, 6.07) is 6.80. The minimum absolute atomic E-state index is 0. The van der Waals surface area contributed by atoms with Gasteiger partial charge in [0.2, 0.25) is 0 Å². The Kier molecular flexibility index (Phi) is 18.9. The van der Waals surface area contributed by atoms with Crippen LogP contribution in [0.1, 0.15) is 44.6 Å². The number of nitrogen functional groups attached to an aromatic ring is 1. The van der Waals surface area contributed by atoms with Gasteiger partial charge in [-0.2, -0.15) is 0 Å². The van der Waals surface area contributed by atoms with Crippen molar-refractivity contribution in [3.8, 4) is 11.3 Å². The number of carbonyl (C=O) groups is 2. The lowest BCUT2D eigenvalue weighted by atomic mass is 10.1. The van der Waals surface area contributed by atoms with Gasteiger partial charge in [0.05, 0.1) is 48.9 Å². The number of carboxylic acids is 1. The van der Waals surface area contributed by atoms with E-state index in [-0.39, 0.29) is 50.9 Å². The van der Waals surface area contributed by atoms with Gasteiger partial charge in [-0.15, -0.1) is 0 Å². The van der Waals surface area contributed by atoms with E-state index in [0.29, 0.717) is 66.8 Å². The zero-order valence-electron chi connectivity index (χ0n) is 26.2. The second kappa shape index (κ2) is 21.7. The van der Waals surface area contributed by atoms with Gasteiger partial charge in [-0.3, -0.25) is 9.59 Å². The Morgan fingerprint density at radius 2 is 1.83 bits per heavy atom. The van der Waals surface area contributed by atoms with Gasteiger partial charge in [0.25, 0.3) is 5.91 Å². The molecule has 0 fully saturated rings. The van der Waals surface area contributed by atoms with E-state index in [2.05, 4.69) is 33.8 Å². The van der Waals surface area contributed by atoms with E-state index in [4.69, 9.17) is 25.1 Å². The number of benzene rings is 1. The molecule has 1 atom stereocenters. The van der Waals surface area contributed by atoms with Crippen LogP contribution in [0.2, 0.25) is 0 Å². The van der Waals surface area contributed by atoms with Gasteiger partial charge in [-0.25, -0.2) is 18.5 Å². The van der Waals surface area contributed by atoms with Gasteiger partial charge in [0.1, 0.15) is 23.4 Å². The number of allylic oxidation sites excluding steroid dienone is 1. The molecular formula is C32H48N6O7S. The number of carbonyl (C=O) groups excluding carboxylic acids is 1. The van der Waals surface area contributed by atoms with Crippen molar-refractivity contribution in [2.45, 2.75) is 39.0 Å². The highest BCUT2D eigenvalue weighted by molar-refractivity contribution is 7.82. The van der Waals surface area contributed by atoms with Crippen LogP contribution >= 0.6 is 0 Å². The number of ether oxygens (including phenoxy) is 3. The Morgan fingerprint density at radius 1 is 1.17 bits per heavy atom. The standard InChI is InChI=1S/C29H38N6O7S.C2H6.CH4/c1-4-23-27(20(2)18-31-3)42-17-16-41-15-14-40-13-12-35(11-5-6-25(36)37)43(39)22-9-7-21(8-10-22)24-19-32-28(30)26(33-24)29(38)34-23;1-2;/h4,7-10,19,31H,1-2,5-6,11-18H2,3H3,(H2,30,32)(H,34,38)(H,36,37);1-2H3;1H4/b27-23-;;. The number of hydrogen-bond acceptors (Lipinski definition) is 10. The molecule has 0 saturated carbocycles. The summed E-state index contributed by atoms with van der Waals surface area (Å²) in [4.78, 5) is 33.5. The van der Waals surface area contributed by atoms with Crippen LogP contribution < -0.4 is 16.4 Å². The fourth-order valence-electron chi connectivity index (χ4n) is 4.02. The monoisotopic (exact) mass is 660 g/mol. The van der Waals surface area contributed by atoms with Gasteiger partial charge in [0.15, 0.2) is 11.5 Å². The van der Waals surface area contributed by atoms with Crippen LogP contribution in [0.5, 0.6) is 0 Å². The van der Waals surface area contributed by atoms with Gasteiger partial charge < -0.3 is 35.7 Å². The number of nitrogens with one attached hydrogen (secondary N) is 2. The molecule has 0 aliphatic carbocycles. The second-order valence-corrected chi connectivity index (χ2v) is 10.8. The average molecular weight is 661 g/mol. The molecule has 254 valence electrons. The molecule has 0 radical (unpaired) electrons. The zero-order chi connectivity index (χ0) is 33.2. The first kappa shape index (κ1) is 40.1. The van der Waals surface area contributed by atoms with Crippen molar-refractivity contribution in [2.24, 2.45) is 0 Å². The molecule has 2 aliphatic heterocycles. The smallest absolute Gasteiger partial charge is 0.303 e. The number of likely N-dealkylation sites (N-methyl/N-ethyl adjacent to an activating group) is 1. The molecular weight excluding hydrogens is 612 g/mol. The maximum atomic E-state index is 13.4. The van der Waals surface area contributed by atoms with Crippen LogP contribution in [0, 0.1) is 0 Å². The topological polar surface area (TPSA) is 178 Å². The third kappa shape index (κ3) is 12.4. The molecule has 5 N–H and O–H groups in total. The second-order valence-electron chi connectivity index (χ2n) is 9.30. The summed E-state index contributed by atoms with van der Waals surface area (Å²) in [6.45, 7) is 14.2. The first-order chi connectivity index (χ1) is 21.7. The molecule has 4 rings (SSSR count). The number of nitrogens with zero attached hydrogens (tertiary/aromatic N) is 3. The Labute approximate surface area is 274 Å². The SMILES string of the molecule is C.C=C/C1=C(\C(=C)CNC)OCCOCCOCCN(CCCC(=O)O)S(=O)c2ccc(cc2)-c2cnc(N)c(n2)C(=O)N1.CC. The number of amides is 1. The lowest BCUT2D eigenvalue weighted by Gasteiger charge is -2.21. The highest BCUT2D eigenvalue weighted by Crippen LogP contribution is 2.22. The predicted molar refractivity (Wildman–Crippen MR) is 180 cm³/mol. The molecule has 1 aromatic heterocycles. The van der Waals surface area contributed by atoms with E-state index in [9.17, 15) is 13.8 Å². The Balaban J connectivity index is 0.00000346. The molecule has 0 spiro atoms. The Morgan fingerprint density at radius 3 is 2.46 bits per heavy atom. The first-order valence-electron chi connectivity index (χ1n) is 14.7. The molecule has 1 aromatic carbocycles. The number of aromatic nitrogens is 2. The summed E-state index contributed by atoms with van der Waals surface area (Å²) in [5.74, 6) is -1.28. The minimum Gasteiger partial charge on any atom is -0.489 e. The third-order valence-corrected chi connectivity index (χ3v) is 7.65. The van der Waals surface area contributed by atoms with Crippen molar-refractivity contribution in [3.05, 3.63) is 72.4 Å². The minimum atomic E-state index is -1.57. The van der Waals surface area contributed by atoms with Crippen molar-refractivity contribution in [3.63, 3.8) is 0 Å². The third-order valence-electron chi connectivity index (χ3n) is 6.14. The zero-order valence-corrected chi connectivity index (χ0v) is 27.0. The van der Waals surface area contributed by atoms with E-state index in [1.807, 2.05) is 13.8 Å². The number of carboxylic acid groups (broad SMARTS) is 1. The van der Waals surface area contributed by atoms with Crippen LogP contribution in [0.25, 0.3) is 11.3 Å². The van der Waals surface area contributed by atoms with E-state index in [1.165, 1.54) is 12.3 Å². The van der Waals surface area contributed by atoms with Crippen LogP contribution in [0.3, 0.4) is 0 Å². The fourth-order valence-corrected chi connectivity index (χ4v) is 5.22. The summed E-state index contributed by atoms with van der Waals surface area (Å²) in [6.07, 6.45) is 3.18. The highest BCUT2D eigenvalue weighted by Gasteiger charge is 2.20. The van der Waals surface area contributed by atoms with Gasteiger partial charge in [-0.1, -0.05) is 46.6 Å². The van der Waals surface area contributed by atoms with Crippen molar-refractivity contribution in [1.82, 2.24) is 24.9 Å². The summed E-state index contributed by atoms with van der Waals surface area (Å²) in [5.41, 5.74) is 7.79. The molecule has 3 heterocycles. The summed E-state index contributed by atoms with van der Waals surface area (Å²) in [7, 11) is 0.193. The van der Waals surface area contributed by atoms with E-state index < -0.39 is 22.9 Å². The van der Waals surface area contributed by atoms with Crippen LogP contribution in [0.15, 0.2) is 71.6 Å². The van der Waals surface area contributed by atoms with Crippen molar-refractivity contribution in [1.29, 1.82) is 0 Å². The largest absolute Gasteiger partial charge is 0.489 e. The summed E-state index contributed by atoms with van der Waals surface area (Å²) >= 11 is 0. The first-order valence-corrected chi connectivity index (χ1v) is 15.8. The molecule has 1 unspecified atom stereocenters. The van der Waals surface area contributed by atoms with Crippen molar-refractivity contribution in [2.75, 3.05) is 65.5 Å². The maximum absolute atomic E-state index is 13.4. The number of anilines is 1. The number of nitrogens with two attached hydrogens (primary N) is 1. The summed E-state index contributed by atoms with van der Waals surface area (Å²) in [5, 5.41) is 14.8. The van der Waals surface area contributed by atoms with Crippen molar-refractivity contribution >= 4 is 28.7 Å². The van der Waals surface area contributed by atoms with E-state index >= 15 is 0 Å². The van der Waals surface area contributed by atoms with Gasteiger partial charge in [0, 0.05) is 37.2 Å². The number of fused-ring (bicyclic) bond motifs is 15. The van der Waals surface area contributed by atoms with Crippen molar-refractivity contribution < 1.29 is 33.1 Å². The number of aliphatic carboxylic acids is 1. The molecule has 13 nitrogen and oxygen atoms in total. The molecule has 14 heteroatoms. The quantitative estimate of drug-likeness (QED) is 0.305. The highest BCUT2D eigenvalue weighted by atomic mass is 32.2. The molecule has 0 saturated heterocycles. The Hall–Kier alpha value is -3.95. The lowest BCUT2D eigenvalue weighted by Crippen LogP contribution is -2.31. The number of hydrogen-bond donors (Lipinski definition) is 4. The predicted octanol–water partition coefficient (Wildman–Crippen LogP) is 3.54. The molecule has 4 bridgehead atoms. The maximum Gasteiger partial charge on any atom is 0.303 e. The van der Waals surface area contributed by atoms with Gasteiger partial charge in [-0.05, 0) is 31.7 Å². The van der Waals surface area contributed by atoms with Crippen LogP contribution in [0.4, 0.5) is 5.82 Å². The summed E-state index contributed by atoms with van der Waals surface area (Å²) < 4.78 is 32.3. The lowest BCUT2D eigenvalue weighted by molar-refractivity contribution is -0.137. The van der Waals surface area contributed by atoms with E-state index in [1.54, 1.807) is 35.6 Å². The van der Waals surface area contributed by atoms with Gasteiger partial charge >= 0.3 is 5.97 Å². The Bertz CT molecular complexity index is 1350. The average Bonchev–Trinajstić information content (AvgIpc) is 3.04. The molecule has 2 aliphatic rings.